The van der Waals surface area contributed by atoms with Gasteiger partial charge in [0.15, 0.2) is 0 Å². The van der Waals surface area contributed by atoms with Gasteiger partial charge in [0.2, 0.25) is 0 Å². The van der Waals surface area contributed by atoms with Crippen LogP contribution in [0.3, 0.4) is 0 Å². The van der Waals surface area contributed by atoms with Crippen LogP contribution < -0.4 is 10.1 Å². The van der Waals surface area contributed by atoms with Crippen molar-refractivity contribution in [3.8, 4) is 5.75 Å². The predicted octanol–water partition coefficient (Wildman–Crippen LogP) is 2.41. The molecule has 1 aromatic rings. The number of fused-ring (bicyclic) bond motifs is 1. The largest absolute Gasteiger partial charge is 0.492 e. The Morgan fingerprint density at radius 1 is 1.21 bits per heavy atom. The third kappa shape index (κ3) is 3.48. The van der Waals surface area contributed by atoms with Crippen LogP contribution in [0.2, 0.25) is 0 Å². The van der Waals surface area contributed by atoms with E-state index in [0.717, 1.165) is 44.6 Å². The number of hydrogen-bond donors (Lipinski definition) is 1. The van der Waals surface area contributed by atoms with E-state index in [1.54, 1.807) is 0 Å². The summed E-state index contributed by atoms with van der Waals surface area (Å²) in [4.78, 5) is 2.49. The highest BCUT2D eigenvalue weighted by molar-refractivity contribution is 5.33. The van der Waals surface area contributed by atoms with Crippen molar-refractivity contribution in [2.75, 3.05) is 26.2 Å². The SMILES string of the molecule is c1ccc2c(c1)CN(CCNC1CCCC1)CCO2. The quantitative estimate of drug-likeness (QED) is 0.900. The van der Waals surface area contributed by atoms with Crippen molar-refractivity contribution in [3.05, 3.63) is 29.8 Å². The average molecular weight is 260 g/mol. The molecule has 3 rings (SSSR count). The van der Waals surface area contributed by atoms with E-state index in [0.29, 0.717) is 0 Å². The van der Waals surface area contributed by atoms with Gasteiger partial charge in [-0.15, -0.1) is 0 Å². The Morgan fingerprint density at radius 3 is 2.95 bits per heavy atom. The molecule has 0 unspecified atom stereocenters. The highest BCUT2D eigenvalue weighted by atomic mass is 16.5. The normalized spacial score (nSPS) is 20.8. The smallest absolute Gasteiger partial charge is 0.123 e. The molecular weight excluding hydrogens is 236 g/mol. The van der Waals surface area contributed by atoms with E-state index < -0.39 is 0 Å². The van der Waals surface area contributed by atoms with Gasteiger partial charge in [-0.05, 0) is 18.9 Å². The van der Waals surface area contributed by atoms with Gasteiger partial charge >= 0.3 is 0 Å². The number of benzene rings is 1. The van der Waals surface area contributed by atoms with E-state index >= 15 is 0 Å². The Labute approximate surface area is 115 Å². The molecule has 0 atom stereocenters. The molecule has 3 heteroatoms. The monoisotopic (exact) mass is 260 g/mol. The Bertz CT molecular complexity index is 401. The van der Waals surface area contributed by atoms with Gasteiger partial charge in [0, 0.05) is 37.8 Å². The summed E-state index contributed by atoms with van der Waals surface area (Å²) < 4.78 is 5.80. The number of rotatable bonds is 4. The van der Waals surface area contributed by atoms with E-state index in [-0.39, 0.29) is 0 Å². The zero-order chi connectivity index (χ0) is 12.9. The van der Waals surface area contributed by atoms with Gasteiger partial charge in [0.05, 0.1) is 0 Å². The van der Waals surface area contributed by atoms with Crippen molar-refractivity contribution in [3.63, 3.8) is 0 Å². The van der Waals surface area contributed by atoms with E-state index in [4.69, 9.17) is 4.74 Å². The molecule has 1 N–H and O–H groups in total. The molecular formula is C16H24N2O. The van der Waals surface area contributed by atoms with Crippen molar-refractivity contribution in [1.29, 1.82) is 0 Å². The maximum Gasteiger partial charge on any atom is 0.123 e. The van der Waals surface area contributed by atoms with Crippen molar-refractivity contribution in [2.45, 2.75) is 38.3 Å². The molecule has 1 heterocycles. The summed E-state index contributed by atoms with van der Waals surface area (Å²) in [5, 5.41) is 3.69. The van der Waals surface area contributed by atoms with Crippen LogP contribution in [0.4, 0.5) is 0 Å². The number of ether oxygens (including phenoxy) is 1. The molecule has 1 aromatic carbocycles. The van der Waals surface area contributed by atoms with Gasteiger partial charge < -0.3 is 10.1 Å². The Hall–Kier alpha value is -1.06. The summed E-state index contributed by atoms with van der Waals surface area (Å²) in [5.74, 6) is 1.06. The zero-order valence-electron chi connectivity index (χ0n) is 11.6. The fraction of sp³-hybridized carbons (Fsp3) is 0.625. The van der Waals surface area contributed by atoms with Gasteiger partial charge in [0.1, 0.15) is 12.4 Å². The highest BCUT2D eigenvalue weighted by Gasteiger charge is 2.16. The molecule has 0 amide bonds. The van der Waals surface area contributed by atoms with Gasteiger partial charge in [0.25, 0.3) is 0 Å². The fourth-order valence-corrected chi connectivity index (χ4v) is 3.13. The van der Waals surface area contributed by atoms with Crippen molar-refractivity contribution in [1.82, 2.24) is 10.2 Å². The summed E-state index contributed by atoms with van der Waals surface area (Å²) in [7, 11) is 0. The minimum absolute atomic E-state index is 0.774. The van der Waals surface area contributed by atoms with Crippen LogP contribution in [0.1, 0.15) is 31.2 Å². The van der Waals surface area contributed by atoms with Crippen LogP contribution in [0.25, 0.3) is 0 Å². The van der Waals surface area contributed by atoms with Crippen molar-refractivity contribution < 1.29 is 4.74 Å². The molecule has 19 heavy (non-hydrogen) atoms. The maximum atomic E-state index is 5.80. The Kier molecular flexibility index (Phi) is 4.36. The zero-order valence-corrected chi connectivity index (χ0v) is 11.6. The number of nitrogens with one attached hydrogen (secondary N) is 1. The van der Waals surface area contributed by atoms with Gasteiger partial charge in [-0.25, -0.2) is 0 Å². The van der Waals surface area contributed by atoms with E-state index in [9.17, 15) is 0 Å². The lowest BCUT2D eigenvalue weighted by atomic mass is 10.2. The summed E-state index contributed by atoms with van der Waals surface area (Å²) in [6, 6.07) is 9.18. The third-order valence-corrected chi connectivity index (χ3v) is 4.25. The van der Waals surface area contributed by atoms with E-state index in [1.165, 1.54) is 31.2 Å². The van der Waals surface area contributed by atoms with Crippen LogP contribution >= 0.6 is 0 Å². The Morgan fingerprint density at radius 2 is 2.05 bits per heavy atom. The molecule has 1 aliphatic carbocycles. The van der Waals surface area contributed by atoms with Crippen LogP contribution in [0.15, 0.2) is 24.3 Å². The van der Waals surface area contributed by atoms with Gasteiger partial charge in [-0.1, -0.05) is 31.0 Å². The van der Waals surface area contributed by atoms with Gasteiger partial charge in [-0.2, -0.15) is 0 Å². The van der Waals surface area contributed by atoms with Gasteiger partial charge in [-0.3, -0.25) is 4.90 Å². The molecule has 1 fully saturated rings. The van der Waals surface area contributed by atoms with Crippen molar-refractivity contribution >= 4 is 0 Å². The second-order valence-corrected chi connectivity index (χ2v) is 5.67. The lowest BCUT2D eigenvalue weighted by Crippen LogP contribution is -2.36. The van der Waals surface area contributed by atoms with Crippen LogP contribution in [-0.4, -0.2) is 37.2 Å². The second kappa shape index (κ2) is 6.40. The first-order valence-corrected chi connectivity index (χ1v) is 7.58. The lowest BCUT2D eigenvalue weighted by molar-refractivity contribution is 0.224. The number of hydrogen-bond acceptors (Lipinski definition) is 3. The third-order valence-electron chi connectivity index (χ3n) is 4.25. The fourth-order valence-electron chi connectivity index (χ4n) is 3.13. The molecule has 0 radical (unpaired) electrons. The first kappa shape index (κ1) is 12.9. The number of para-hydroxylation sites is 1. The van der Waals surface area contributed by atoms with E-state index in [1.807, 2.05) is 0 Å². The molecule has 0 aromatic heterocycles. The minimum atomic E-state index is 0.774. The molecule has 0 saturated heterocycles. The molecule has 104 valence electrons. The van der Waals surface area contributed by atoms with Crippen molar-refractivity contribution in [2.24, 2.45) is 0 Å². The van der Waals surface area contributed by atoms with Crippen LogP contribution in [0.5, 0.6) is 5.75 Å². The molecule has 0 bridgehead atoms. The van der Waals surface area contributed by atoms with Crippen LogP contribution in [-0.2, 0) is 6.54 Å². The summed E-state index contributed by atoms with van der Waals surface area (Å²) >= 11 is 0. The number of nitrogens with zero attached hydrogens (tertiary/aromatic N) is 1. The lowest BCUT2D eigenvalue weighted by Gasteiger charge is -2.21. The van der Waals surface area contributed by atoms with Crippen LogP contribution in [0, 0.1) is 0 Å². The second-order valence-electron chi connectivity index (χ2n) is 5.67. The summed E-state index contributed by atoms with van der Waals surface area (Å²) in [6.07, 6.45) is 5.54. The molecule has 0 spiro atoms. The topological polar surface area (TPSA) is 24.5 Å². The maximum absolute atomic E-state index is 5.80. The Balaban J connectivity index is 1.48. The summed E-state index contributed by atoms with van der Waals surface area (Å²) in [6.45, 7) is 5.07. The predicted molar refractivity (Wildman–Crippen MR) is 77.5 cm³/mol. The summed E-state index contributed by atoms with van der Waals surface area (Å²) in [5.41, 5.74) is 1.32. The standard InChI is InChI=1S/C16H24N2O/c1-4-8-16-14(5-1)13-18(11-12-19-16)10-9-17-15-6-2-3-7-15/h1,4-5,8,15,17H,2-3,6-7,9-13H2. The molecule has 2 aliphatic rings. The molecule has 1 aliphatic heterocycles. The first-order valence-electron chi connectivity index (χ1n) is 7.58. The minimum Gasteiger partial charge on any atom is -0.492 e. The molecule has 3 nitrogen and oxygen atoms in total. The molecule has 1 saturated carbocycles. The average Bonchev–Trinajstić information content (AvgIpc) is 2.85. The highest BCUT2D eigenvalue weighted by Crippen LogP contribution is 2.22. The first-order chi connectivity index (χ1) is 9.42. The van der Waals surface area contributed by atoms with E-state index in [2.05, 4.69) is 34.5 Å².